The summed E-state index contributed by atoms with van der Waals surface area (Å²) in [6, 6.07) is 9.37. The minimum Gasteiger partial charge on any atom is -0.491 e. The van der Waals surface area contributed by atoms with Gasteiger partial charge in [-0.1, -0.05) is 18.2 Å². The molecule has 0 fully saturated rings. The number of carbonyl (C=O) groups is 1. The third kappa shape index (κ3) is 10.1. The van der Waals surface area contributed by atoms with Gasteiger partial charge in [-0.15, -0.1) is 0 Å². The average molecular weight is 313 g/mol. The standard InChI is InChI=1S/C15H23NO6/c1-18-7-8-19-9-10-20-13-15(17)16-22-12-11-21-14-5-3-2-4-6-14/h2-6H,7-13H2,1H3,(H,16,17). The van der Waals surface area contributed by atoms with Crippen LogP contribution in [0.5, 0.6) is 5.75 Å². The second-order valence-corrected chi connectivity index (χ2v) is 4.19. The van der Waals surface area contributed by atoms with Crippen LogP contribution in [0.3, 0.4) is 0 Å². The summed E-state index contributed by atoms with van der Waals surface area (Å²) in [5.74, 6) is 0.408. The first kappa shape index (κ1) is 18.4. The van der Waals surface area contributed by atoms with Crippen molar-refractivity contribution < 1.29 is 28.6 Å². The summed E-state index contributed by atoms with van der Waals surface area (Å²) < 4.78 is 20.5. The Kier molecular flexibility index (Phi) is 10.9. The number of amides is 1. The molecule has 124 valence electrons. The fourth-order valence-electron chi connectivity index (χ4n) is 1.41. The molecule has 1 aromatic carbocycles. The fourth-order valence-corrected chi connectivity index (χ4v) is 1.41. The first-order chi connectivity index (χ1) is 10.8. The molecule has 0 saturated heterocycles. The summed E-state index contributed by atoms with van der Waals surface area (Å²) in [6.45, 7) is 2.33. The van der Waals surface area contributed by atoms with Crippen LogP contribution in [0, 0.1) is 0 Å². The Bertz CT molecular complexity index is 387. The molecule has 22 heavy (non-hydrogen) atoms. The number of rotatable bonds is 13. The first-order valence-corrected chi connectivity index (χ1v) is 7.06. The molecule has 7 heteroatoms. The van der Waals surface area contributed by atoms with E-state index in [4.69, 9.17) is 23.8 Å². The number of para-hydroxylation sites is 1. The maximum Gasteiger partial charge on any atom is 0.269 e. The predicted octanol–water partition coefficient (Wildman–Crippen LogP) is 0.793. The number of methoxy groups -OCH3 is 1. The summed E-state index contributed by atoms with van der Waals surface area (Å²) in [5.41, 5.74) is 2.28. The Morgan fingerprint density at radius 2 is 1.68 bits per heavy atom. The van der Waals surface area contributed by atoms with E-state index in [0.29, 0.717) is 33.0 Å². The molecule has 1 amide bonds. The number of benzene rings is 1. The molecule has 0 saturated carbocycles. The average Bonchev–Trinajstić information content (AvgIpc) is 2.54. The van der Waals surface area contributed by atoms with Gasteiger partial charge in [0.05, 0.1) is 26.4 Å². The van der Waals surface area contributed by atoms with Crippen LogP contribution in [0.2, 0.25) is 0 Å². The number of hydrogen-bond acceptors (Lipinski definition) is 6. The first-order valence-electron chi connectivity index (χ1n) is 7.06. The van der Waals surface area contributed by atoms with Crippen molar-refractivity contribution in [1.29, 1.82) is 0 Å². The summed E-state index contributed by atoms with van der Waals surface area (Å²) >= 11 is 0. The van der Waals surface area contributed by atoms with E-state index in [0.717, 1.165) is 5.75 Å². The smallest absolute Gasteiger partial charge is 0.269 e. The lowest BCUT2D eigenvalue weighted by Crippen LogP contribution is -2.30. The molecule has 0 aliphatic carbocycles. The van der Waals surface area contributed by atoms with Gasteiger partial charge in [-0.2, -0.15) is 0 Å². The number of ether oxygens (including phenoxy) is 4. The van der Waals surface area contributed by atoms with Gasteiger partial charge in [-0.05, 0) is 12.1 Å². The van der Waals surface area contributed by atoms with E-state index in [9.17, 15) is 4.79 Å². The maximum absolute atomic E-state index is 11.3. The van der Waals surface area contributed by atoms with Crippen molar-refractivity contribution >= 4 is 5.91 Å². The molecule has 0 aliphatic rings. The molecule has 1 rings (SSSR count). The summed E-state index contributed by atoms with van der Waals surface area (Å²) in [6.07, 6.45) is 0. The molecule has 0 atom stereocenters. The van der Waals surface area contributed by atoms with Crippen LogP contribution in [0.15, 0.2) is 30.3 Å². The Labute approximate surface area is 130 Å². The molecule has 0 unspecified atom stereocenters. The Morgan fingerprint density at radius 3 is 2.45 bits per heavy atom. The third-order valence-electron chi connectivity index (χ3n) is 2.42. The summed E-state index contributed by atoms with van der Waals surface area (Å²) in [7, 11) is 1.61. The van der Waals surface area contributed by atoms with Crippen molar-refractivity contribution in [1.82, 2.24) is 5.48 Å². The van der Waals surface area contributed by atoms with Gasteiger partial charge in [-0.25, -0.2) is 5.48 Å². The third-order valence-corrected chi connectivity index (χ3v) is 2.42. The van der Waals surface area contributed by atoms with Gasteiger partial charge in [0.25, 0.3) is 5.91 Å². The Balaban J connectivity index is 1.87. The van der Waals surface area contributed by atoms with Gasteiger partial charge in [0, 0.05) is 7.11 Å². The molecule has 1 aromatic rings. The quantitative estimate of drug-likeness (QED) is 0.429. The Morgan fingerprint density at radius 1 is 0.955 bits per heavy atom. The van der Waals surface area contributed by atoms with E-state index in [1.807, 2.05) is 30.3 Å². The van der Waals surface area contributed by atoms with Crippen molar-refractivity contribution in [3.63, 3.8) is 0 Å². The van der Waals surface area contributed by atoms with Crippen LogP contribution in [-0.2, 0) is 23.8 Å². The van der Waals surface area contributed by atoms with Crippen LogP contribution in [0.4, 0.5) is 0 Å². The normalized spacial score (nSPS) is 10.4. The lowest BCUT2D eigenvalue weighted by atomic mass is 10.3. The van der Waals surface area contributed by atoms with Crippen LogP contribution in [-0.4, -0.2) is 59.3 Å². The highest BCUT2D eigenvalue weighted by Gasteiger charge is 2.01. The van der Waals surface area contributed by atoms with E-state index in [2.05, 4.69) is 5.48 Å². The fraction of sp³-hybridized carbons (Fsp3) is 0.533. The lowest BCUT2D eigenvalue weighted by Gasteiger charge is -2.08. The van der Waals surface area contributed by atoms with Gasteiger partial charge in [0.15, 0.2) is 0 Å². The van der Waals surface area contributed by atoms with Gasteiger partial charge < -0.3 is 18.9 Å². The molecule has 0 aromatic heterocycles. The number of carbonyl (C=O) groups excluding carboxylic acids is 1. The van der Waals surface area contributed by atoms with Crippen LogP contribution >= 0.6 is 0 Å². The highest BCUT2D eigenvalue weighted by Crippen LogP contribution is 2.07. The summed E-state index contributed by atoms with van der Waals surface area (Å²) in [4.78, 5) is 16.3. The van der Waals surface area contributed by atoms with E-state index in [1.54, 1.807) is 7.11 Å². The molecular formula is C15H23NO6. The van der Waals surface area contributed by atoms with Crippen molar-refractivity contribution in [3.05, 3.63) is 30.3 Å². The topological polar surface area (TPSA) is 75.3 Å². The van der Waals surface area contributed by atoms with E-state index in [-0.39, 0.29) is 19.1 Å². The SMILES string of the molecule is COCCOCCOCC(=O)NOCCOc1ccccc1. The minimum absolute atomic E-state index is 0.0762. The highest BCUT2D eigenvalue weighted by atomic mass is 16.7. The van der Waals surface area contributed by atoms with Crippen LogP contribution in [0.25, 0.3) is 0 Å². The van der Waals surface area contributed by atoms with E-state index in [1.165, 1.54) is 0 Å². The molecular weight excluding hydrogens is 290 g/mol. The van der Waals surface area contributed by atoms with E-state index >= 15 is 0 Å². The number of hydroxylamine groups is 1. The molecule has 0 bridgehead atoms. The zero-order valence-corrected chi connectivity index (χ0v) is 12.8. The zero-order chi connectivity index (χ0) is 15.9. The lowest BCUT2D eigenvalue weighted by molar-refractivity contribution is -0.139. The number of hydrogen-bond donors (Lipinski definition) is 1. The largest absolute Gasteiger partial charge is 0.491 e. The van der Waals surface area contributed by atoms with Crippen molar-refractivity contribution in [2.75, 3.05) is 53.4 Å². The second kappa shape index (κ2) is 13.0. The highest BCUT2D eigenvalue weighted by molar-refractivity contribution is 5.75. The van der Waals surface area contributed by atoms with Crippen LogP contribution in [0.1, 0.15) is 0 Å². The van der Waals surface area contributed by atoms with Crippen molar-refractivity contribution in [2.45, 2.75) is 0 Å². The van der Waals surface area contributed by atoms with Crippen molar-refractivity contribution in [2.24, 2.45) is 0 Å². The van der Waals surface area contributed by atoms with Gasteiger partial charge in [-0.3, -0.25) is 9.63 Å². The molecule has 0 heterocycles. The molecule has 7 nitrogen and oxygen atoms in total. The predicted molar refractivity (Wildman–Crippen MR) is 79.5 cm³/mol. The van der Waals surface area contributed by atoms with Crippen LogP contribution < -0.4 is 10.2 Å². The second-order valence-electron chi connectivity index (χ2n) is 4.19. The minimum atomic E-state index is -0.350. The zero-order valence-electron chi connectivity index (χ0n) is 12.8. The molecule has 0 radical (unpaired) electrons. The van der Waals surface area contributed by atoms with Gasteiger partial charge in [0.2, 0.25) is 0 Å². The van der Waals surface area contributed by atoms with Crippen molar-refractivity contribution in [3.8, 4) is 5.75 Å². The molecule has 1 N–H and O–H groups in total. The molecule has 0 aliphatic heterocycles. The van der Waals surface area contributed by atoms with E-state index < -0.39 is 0 Å². The number of nitrogens with one attached hydrogen (secondary N) is 1. The van der Waals surface area contributed by atoms with Gasteiger partial charge in [0.1, 0.15) is 25.6 Å². The van der Waals surface area contributed by atoms with Gasteiger partial charge >= 0.3 is 0 Å². The molecule has 0 spiro atoms. The Hall–Kier alpha value is -1.67. The summed E-state index contributed by atoms with van der Waals surface area (Å²) in [5, 5.41) is 0. The monoisotopic (exact) mass is 313 g/mol. The maximum atomic E-state index is 11.3.